The van der Waals surface area contributed by atoms with E-state index in [0.717, 1.165) is 71.6 Å². The Bertz CT molecular complexity index is 1080. The number of benzene rings is 2. The molecule has 0 bridgehead atoms. The van der Waals surface area contributed by atoms with Gasteiger partial charge in [-0.1, -0.05) is 12.1 Å². The van der Waals surface area contributed by atoms with Gasteiger partial charge in [-0.3, -0.25) is 4.90 Å². The molecule has 0 unspecified atom stereocenters. The first kappa shape index (κ1) is 20.2. The summed E-state index contributed by atoms with van der Waals surface area (Å²) in [6.45, 7) is 4.00. The summed E-state index contributed by atoms with van der Waals surface area (Å²) in [6, 6.07) is 12.1. The smallest absolute Gasteiger partial charge is 0.164 e. The predicted octanol–water partition coefficient (Wildman–Crippen LogP) is 4.55. The third-order valence-electron chi connectivity index (χ3n) is 5.67. The van der Waals surface area contributed by atoms with Gasteiger partial charge < -0.3 is 18.9 Å². The van der Waals surface area contributed by atoms with Gasteiger partial charge in [0.05, 0.1) is 33.1 Å². The van der Waals surface area contributed by atoms with E-state index in [-0.39, 0.29) is 0 Å². The van der Waals surface area contributed by atoms with Crippen LogP contribution in [-0.2, 0) is 19.5 Å². The zero-order valence-electron chi connectivity index (χ0n) is 17.8. The van der Waals surface area contributed by atoms with Crippen molar-refractivity contribution in [2.24, 2.45) is 0 Å². The van der Waals surface area contributed by atoms with E-state index in [2.05, 4.69) is 17.0 Å². The molecule has 0 aliphatic carbocycles. The first-order chi connectivity index (χ1) is 15.2. The van der Waals surface area contributed by atoms with Crippen LogP contribution in [0.4, 0.5) is 0 Å². The Morgan fingerprint density at radius 1 is 1.06 bits per heavy atom. The van der Waals surface area contributed by atoms with Crippen LogP contribution in [0.25, 0.3) is 10.6 Å². The van der Waals surface area contributed by atoms with E-state index in [1.54, 1.807) is 25.6 Å². The van der Waals surface area contributed by atoms with Crippen LogP contribution < -0.4 is 18.9 Å². The summed E-state index contributed by atoms with van der Waals surface area (Å²) in [5.41, 5.74) is 3.44. The van der Waals surface area contributed by atoms with Gasteiger partial charge in [0.15, 0.2) is 11.5 Å². The molecule has 2 aromatic carbocycles. The second kappa shape index (κ2) is 8.77. The molecule has 0 fully saturated rings. The van der Waals surface area contributed by atoms with Gasteiger partial charge >= 0.3 is 0 Å². The van der Waals surface area contributed by atoms with Crippen molar-refractivity contribution >= 4 is 11.3 Å². The fourth-order valence-electron chi connectivity index (χ4n) is 4.05. The number of aromatic nitrogens is 1. The summed E-state index contributed by atoms with van der Waals surface area (Å²) in [7, 11) is 3.40. The topological polar surface area (TPSA) is 53.1 Å². The monoisotopic (exact) mass is 438 g/mol. The molecule has 0 N–H and O–H groups in total. The summed E-state index contributed by atoms with van der Waals surface area (Å²) in [5.74, 6) is 3.28. The highest BCUT2D eigenvalue weighted by Crippen LogP contribution is 2.38. The summed E-state index contributed by atoms with van der Waals surface area (Å²) in [5, 5.41) is 1.05. The molecule has 31 heavy (non-hydrogen) atoms. The number of hydrogen-bond donors (Lipinski definition) is 0. The minimum Gasteiger partial charge on any atom is -0.497 e. The van der Waals surface area contributed by atoms with E-state index in [1.165, 1.54) is 10.6 Å². The lowest BCUT2D eigenvalue weighted by atomic mass is 10.1. The van der Waals surface area contributed by atoms with Crippen molar-refractivity contribution in [3.63, 3.8) is 0 Å². The van der Waals surface area contributed by atoms with Crippen molar-refractivity contribution in [1.29, 1.82) is 0 Å². The Hall–Kier alpha value is -2.77. The number of hydrogen-bond acceptors (Lipinski definition) is 7. The summed E-state index contributed by atoms with van der Waals surface area (Å²) in [4.78, 5) is 8.69. The Labute approximate surface area is 186 Å². The molecule has 0 saturated heterocycles. The lowest BCUT2D eigenvalue weighted by molar-refractivity contribution is 0.242. The van der Waals surface area contributed by atoms with Crippen molar-refractivity contribution in [3.8, 4) is 33.6 Å². The lowest BCUT2D eigenvalue weighted by Crippen LogP contribution is -2.29. The van der Waals surface area contributed by atoms with Gasteiger partial charge in [-0.15, -0.1) is 11.3 Å². The van der Waals surface area contributed by atoms with Crippen molar-refractivity contribution in [2.45, 2.75) is 25.9 Å². The molecular formula is C24H26N2O4S. The van der Waals surface area contributed by atoms with Crippen molar-refractivity contribution in [1.82, 2.24) is 9.88 Å². The fraction of sp³-hybridized carbons (Fsp3) is 0.375. The van der Waals surface area contributed by atoms with Crippen LogP contribution >= 0.6 is 11.3 Å². The van der Waals surface area contributed by atoms with Gasteiger partial charge in [0.25, 0.3) is 0 Å². The van der Waals surface area contributed by atoms with Gasteiger partial charge in [0, 0.05) is 54.5 Å². The largest absolute Gasteiger partial charge is 0.497 e. The predicted molar refractivity (Wildman–Crippen MR) is 121 cm³/mol. The number of methoxy groups -OCH3 is 2. The number of nitrogens with zero attached hydrogens (tertiary/aromatic N) is 2. The van der Waals surface area contributed by atoms with Gasteiger partial charge in [-0.25, -0.2) is 4.98 Å². The molecule has 3 aromatic rings. The molecule has 0 atom stereocenters. The van der Waals surface area contributed by atoms with Crippen molar-refractivity contribution in [2.75, 3.05) is 34.0 Å². The highest BCUT2D eigenvalue weighted by Gasteiger charge is 2.23. The standard InChI is InChI=1S/C24H26N2O4S/c1-27-18-6-3-5-16(11-18)24-25-19-7-8-26(15-23(19)31-24)14-17-12-21-22(13-20(17)28-2)30-10-4-9-29-21/h3,5-6,11-13H,4,7-10,14-15H2,1-2H3. The molecule has 0 amide bonds. The third-order valence-corrected chi connectivity index (χ3v) is 6.80. The Kier molecular flexibility index (Phi) is 5.70. The number of fused-ring (bicyclic) bond motifs is 2. The van der Waals surface area contributed by atoms with Gasteiger partial charge in [-0.05, 0) is 18.2 Å². The van der Waals surface area contributed by atoms with E-state index in [4.69, 9.17) is 23.9 Å². The highest BCUT2D eigenvalue weighted by atomic mass is 32.1. The average Bonchev–Trinajstić information content (AvgIpc) is 3.10. The second-order valence-corrected chi connectivity index (χ2v) is 8.83. The van der Waals surface area contributed by atoms with Gasteiger partial charge in [0.1, 0.15) is 16.5 Å². The zero-order chi connectivity index (χ0) is 21.2. The minimum atomic E-state index is 0.672. The first-order valence-electron chi connectivity index (χ1n) is 10.6. The van der Waals surface area contributed by atoms with E-state index in [9.17, 15) is 0 Å². The van der Waals surface area contributed by atoms with E-state index >= 15 is 0 Å². The van der Waals surface area contributed by atoms with E-state index in [0.29, 0.717) is 13.2 Å². The second-order valence-electron chi connectivity index (χ2n) is 7.74. The van der Waals surface area contributed by atoms with Gasteiger partial charge in [-0.2, -0.15) is 0 Å². The van der Waals surface area contributed by atoms with Crippen LogP contribution in [0.1, 0.15) is 22.6 Å². The summed E-state index contributed by atoms with van der Waals surface area (Å²) < 4.78 is 22.7. The molecule has 3 heterocycles. The summed E-state index contributed by atoms with van der Waals surface area (Å²) in [6.07, 6.45) is 1.84. The molecule has 2 aliphatic heterocycles. The quantitative estimate of drug-likeness (QED) is 0.583. The third kappa shape index (κ3) is 4.20. The van der Waals surface area contributed by atoms with Crippen molar-refractivity contribution < 1.29 is 18.9 Å². The first-order valence-corrected chi connectivity index (χ1v) is 11.4. The molecule has 1 aromatic heterocycles. The lowest BCUT2D eigenvalue weighted by Gasteiger charge is -2.27. The van der Waals surface area contributed by atoms with Gasteiger partial charge in [0.2, 0.25) is 0 Å². The zero-order valence-corrected chi connectivity index (χ0v) is 18.7. The summed E-state index contributed by atoms with van der Waals surface area (Å²) >= 11 is 1.77. The maximum absolute atomic E-state index is 5.89. The molecular weight excluding hydrogens is 412 g/mol. The molecule has 0 spiro atoms. The van der Waals surface area contributed by atoms with Crippen LogP contribution in [0.5, 0.6) is 23.0 Å². The van der Waals surface area contributed by atoms with Crippen LogP contribution in [0.2, 0.25) is 0 Å². The Morgan fingerprint density at radius 2 is 1.90 bits per heavy atom. The molecule has 0 radical (unpaired) electrons. The SMILES string of the molecule is COc1cccc(-c2nc3c(s2)CN(Cc2cc4c(cc2OC)OCCCO4)CC3)c1. The molecule has 7 heteroatoms. The fourth-order valence-corrected chi connectivity index (χ4v) is 5.20. The van der Waals surface area contributed by atoms with Crippen LogP contribution in [0, 0.1) is 0 Å². The van der Waals surface area contributed by atoms with Crippen molar-refractivity contribution in [3.05, 3.63) is 52.5 Å². The van der Waals surface area contributed by atoms with E-state index in [1.807, 2.05) is 24.3 Å². The van der Waals surface area contributed by atoms with Crippen LogP contribution in [0.15, 0.2) is 36.4 Å². The molecule has 162 valence electrons. The average molecular weight is 439 g/mol. The number of rotatable bonds is 5. The molecule has 2 aliphatic rings. The number of ether oxygens (including phenoxy) is 4. The number of thiazole rings is 1. The molecule has 5 rings (SSSR count). The van der Waals surface area contributed by atoms with E-state index < -0.39 is 0 Å². The molecule has 6 nitrogen and oxygen atoms in total. The normalized spacial score (nSPS) is 15.8. The maximum atomic E-state index is 5.89. The van der Waals surface area contributed by atoms with Crippen LogP contribution in [0.3, 0.4) is 0 Å². The van der Waals surface area contributed by atoms with Crippen LogP contribution in [-0.4, -0.2) is 43.9 Å². The minimum absolute atomic E-state index is 0.672. The molecule has 0 saturated carbocycles. The Balaban J connectivity index is 1.35. The highest BCUT2D eigenvalue weighted by molar-refractivity contribution is 7.15. The Morgan fingerprint density at radius 3 is 2.71 bits per heavy atom. The maximum Gasteiger partial charge on any atom is 0.164 e.